The van der Waals surface area contributed by atoms with Crippen molar-refractivity contribution in [1.82, 2.24) is 0 Å². The summed E-state index contributed by atoms with van der Waals surface area (Å²) >= 11 is 0. The van der Waals surface area contributed by atoms with Crippen LogP contribution in [0.2, 0.25) is 13.6 Å². The number of hydrogen-bond donors (Lipinski definition) is 0. The van der Waals surface area contributed by atoms with Crippen LogP contribution in [0.25, 0.3) is 44.5 Å². The quantitative estimate of drug-likeness (QED) is 0.155. The molecule has 1 radical (unpaired) electrons. The van der Waals surface area contributed by atoms with Gasteiger partial charge in [0.2, 0.25) is 0 Å². The summed E-state index contributed by atoms with van der Waals surface area (Å²) in [4.78, 5) is 0. The zero-order valence-electron chi connectivity index (χ0n) is 46.7. The maximum absolute atomic E-state index is 2.18. The molecule has 0 aliphatic carbocycles. The topological polar surface area (TPSA) is 0 Å². The predicted molar refractivity (Wildman–Crippen MR) is 308 cm³/mol. The third-order valence-corrected chi connectivity index (χ3v) is 6.20. The standard InChI is InChI=1S/2C18H14.C2H6B.12C2H6/c2*1-3-7-15(8-4-1)17-11-13-18(14-12-17)16-9-5-2-6-10-16;1-3-2;12*1-2/h2*1-14H;1-2H3;12*1-2H3. The number of benzene rings is 6. The Morgan fingerprint density at radius 1 is 0.159 bits per heavy atom. The molecule has 0 atom stereocenters. The van der Waals surface area contributed by atoms with Crippen LogP contribution in [0.5, 0.6) is 0 Å². The first-order chi connectivity index (χ1) is 31.3. The Balaban J connectivity index is -0.0000000863. The molecule has 0 aliphatic heterocycles. The first-order valence-corrected chi connectivity index (χ1v) is 25.4. The maximum Gasteiger partial charge on any atom is 0.102 e. The van der Waals surface area contributed by atoms with Crippen LogP contribution in [0.1, 0.15) is 166 Å². The summed E-state index contributed by atoms with van der Waals surface area (Å²) in [7, 11) is 2.00. The van der Waals surface area contributed by atoms with Crippen molar-refractivity contribution in [2.45, 2.75) is 180 Å². The van der Waals surface area contributed by atoms with E-state index in [2.05, 4.69) is 146 Å². The second-order valence-corrected chi connectivity index (χ2v) is 9.20. The monoisotopic (exact) mass is 862 g/mol. The van der Waals surface area contributed by atoms with Crippen molar-refractivity contribution in [3.8, 4) is 44.5 Å². The van der Waals surface area contributed by atoms with Crippen molar-refractivity contribution in [1.29, 1.82) is 0 Å². The number of rotatable bonds is 4. The average molecular weight is 862 g/mol. The van der Waals surface area contributed by atoms with Gasteiger partial charge in [0.25, 0.3) is 0 Å². The van der Waals surface area contributed by atoms with E-state index in [1.165, 1.54) is 44.5 Å². The molecule has 0 spiro atoms. The highest BCUT2D eigenvalue weighted by Gasteiger charge is 2.00. The summed E-state index contributed by atoms with van der Waals surface area (Å²) in [5.74, 6) is 0. The maximum atomic E-state index is 2.18. The van der Waals surface area contributed by atoms with Crippen molar-refractivity contribution in [3.05, 3.63) is 170 Å². The van der Waals surface area contributed by atoms with E-state index in [0.29, 0.717) is 0 Å². The van der Waals surface area contributed by atoms with E-state index in [-0.39, 0.29) is 0 Å². The van der Waals surface area contributed by atoms with Crippen LogP contribution in [0.4, 0.5) is 0 Å². The molecular weight excluding hydrogens is 755 g/mol. The minimum atomic E-state index is 1.26. The van der Waals surface area contributed by atoms with Gasteiger partial charge in [-0.05, 0) is 44.5 Å². The Morgan fingerprint density at radius 2 is 0.238 bits per heavy atom. The van der Waals surface area contributed by atoms with Gasteiger partial charge in [-0.25, -0.2) is 0 Å². The van der Waals surface area contributed by atoms with Crippen LogP contribution < -0.4 is 0 Å². The molecule has 0 aromatic heterocycles. The van der Waals surface area contributed by atoms with Crippen LogP contribution in [-0.4, -0.2) is 7.28 Å². The Bertz CT molecular complexity index is 1240. The van der Waals surface area contributed by atoms with Crippen LogP contribution in [0.3, 0.4) is 0 Å². The first-order valence-electron chi connectivity index (χ1n) is 25.4. The third kappa shape index (κ3) is 43.8. The predicted octanol–water partition coefficient (Wildman–Crippen LogP) is 23.1. The minimum Gasteiger partial charge on any atom is -0.0922 e. The molecule has 0 saturated carbocycles. The van der Waals surface area contributed by atoms with Gasteiger partial charge < -0.3 is 0 Å². The molecule has 0 fully saturated rings. The Kier molecular flexibility index (Phi) is 97.5. The summed E-state index contributed by atoms with van der Waals surface area (Å²) in [6.07, 6.45) is 0. The summed E-state index contributed by atoms with van der Waals surface area (Å²) in [6.45, 7) is 52.0. The Hall–Kier alpha value is -4.62. The van der Waals surface area contributed by atoms with Gasteiger partial charge in [0, 0.05) is 0 Å². The van der Waals surface area contributed by atoms with Gasteiger partial charge in [-0.3, -0.25) is 0 Å². The second-order valence-electron chi connectivity index (χ2n) is 9.20. The highest BCUT2D eigenvalue weighted by atomic mass is 14.0. The van der Waals surface area contributed by atoms with Gasteiger partial charge >= 0.3 is 0 Å². The van der Waals surface area contributed by atoms with Gasteiger partial charge in [-0.1, -0.05) is 350 Å². The molecule has 6 aromatic carbocycles. The summed E-state index contributed by atoms with van der Waals surface area (Å²) < 4.78 is 0. The first kappa shape index (κ1) is 78.8. The summed E-state index contributed by atoms with van der Waals surface area (Å²) in [6, 6.07) is 59.3. The van der Waals surface area contributed by atoms with E-state index in [0.717, 1.165) is 0 Å². The smallest absolute Gasteiger partial charge is 0.0922 e. The molecule has 0 heterocycles. The number of hydrogen-bond acceptors (Lipinski definition) is 0. The van der Waals surface area contributed by atoms with Crippen LogP contribution in [-0.2, 0) is 0 Å². The minimum absolute atomic E-state index is 1.26. The average Bonchev–Trinajstić information content (AvgIpc) is 3.45. The van der Waals surface area contributed by atoms with E-state index in [1.54, 1.807) is 0 Å². The van der Waals surface area contributed by atoms with Crippen LogP contribution in [0, 0.1) is 0 Å². The molecule has 0 saturated heterocycles. The third-order valence-electron chi connectivity index (χ3n) is 6.20. The molecule has 0 nitrogen and oxygen atoms in total. The lowest BCUT2D eigenvalue weighted by Gasteiger charge is -2.04. The van der Waals surface area contributed by atoms with E-state index in [1.807, 2.05) is 211 Å². The van der Waals surface area contributed by atoms with Gasteiger partial charge in [-0.2, -0.15) is 0 Å². The normalized spacial score (nSPS) is 7.21. The molecule has 357 valence electrons. The fourth-order valence-corrected chi connectivity index (χ4v) is 4.23. The van der Waals surface area contributed by atoms with Gasteiger partial charge in [-0.15, -0.1) is 0 Å². The molecule has 0 amide bonds. The molecule has 0 N–H and O–H groups in total. The largest absolute Gasteiger partial charge is 0.102 e. The van der Waals surface area contributed by atoms with Crippen molar-refractivity contribution < 1.29 is 0 Å². The van der Waals surface area contributed by atoms with Gasteiger partial charge in [0.15, 0.2) is 0 Å². The second kappa shape index (κ2) is 77.9. The molecular formula is C62H106B. The lowest BCUT2D eigenvalue weighted by atomic mass is 9.88. The van der Waals surface area contributed by atoms with Gasteiger partial charge in [0.05, 0.1) is 0 Å². The van der Waals surface area contributed by atoms with Crippen LogP contribution in [0.15, 0.2) is 170 Å². The van der Waals surface area contributed by atoms with E-state index < -0.39 is 0 Å². The van der Waals surface area contributed by atoms with E-state index in [4.69, 9.17) is 0 Å². The lowest BCUT2D eigenvalue weighted by Crippen LogP contribution is -1.79. The molecule has 1 heteroatoms. The van der Waals surface area contributed by atoms with Crippen LogP contribution >= 0.6 is 0 Å². The fourth-order valence-electron chi connectivity index (χ4n) is 4.23. The highest BCUT2D eigenvalue weighted by molar-refractivity contribution is 6.31. The molecule has 6 rings (SSSR count). The molecule has 63 heavy (non-hydrogen) atoms. The van der Waals surface area contributed by atoms with E-state index >= 15 is 0 Å². The Morgan fingerprint density at radius 3 is 0.333 bits per heavy atom. The van der Waals surface area contributed by atoms with E-state index in [9.17, 15) is 0 Å². The summed E-state index contributed by atoms with van der Waals surface area (Å²) in [5, 5.41) is 0. The molecule has 0 unspecified atom stereocenters. The van der Waals surface area contributed by atoms with Crippen molar-refractivity contribution in [3.63, 3.8) is 0 Å². The van der Waals surface area contributed by atoms with Crippen molar-refractivity contribution in [2.24, 2.45) is 0 Å². The fraction of sp³-hybridized carbons (Fsp3) is 0.419. The molecule has 0 bridgehead atoms. The van der Waals surface area contributed by atoms with Crippen molar-refractivity contribution >= 4 is 7.28 Å². The summed E-state index contributed by atoms with van der Waals surface area (Å²) in [5.41, 5.74) is 10.1. The molecule has 0 aliphatic rings. The lowest BCUT2D eigenvalue weighted by molar-refractivity contribution is 1.50. The SMILES string of the molecule is CC.CC.CC.CC.CC.CC.CC.CC.CC.CC.CC.CC.C[B]C.c1ccc(-c2ccc(-c3ccccc3)cc2)cc1.c1ccc(-c2ccc(-c3ccccc3)cc2)cc1. The van der Waals surface area contributed by atoms with Gasteiger partial charge in [0.1, 0.15) is 7.28 Å². The zero-order valence-corrected chi connectivity index (χ0v) is 46.7. The highest BCUT2D eigenvalue weighted by Crippen LogP contribution is 2.25. The Labute approximate surface area is 399 Å². The zero-order chi connectivity index (χ0) is 51.1. The van der Waals surface area contributed by atoms with Crippen molar-refractivity contribution in [2.75, 3.05) is 0 Å². The molecule has 6 aromatic rings.